The van der Waals surface area contributed by atoms with Crippen LogP contribution >= 0.6 is 0 Å². The zero-order valence-corrected chi connectivity index (χ0v) is 26.3. The van der Waals surface area contributed by atoms with Crippen molar-refractivity contribution < 1.29 is 25.2 Å². The number of carboxylic acids is 1. The highest BCUT2D eigenvalue weighted by Gasteiger charge is 2.30. The molecule has 40 heavy (non-hydrogen) atoms. The average molecular weight is 567 g/mol. The fraction of sp³-hybridized carbons (Fsp3) is 0.857. The summed E-state index contributed by atoms with van der Waals surface area (Å²) < 4.78 is 0. The first-order chi connectivity index (χ1) is 19.4. The molecule has 0 aliphatic rings. The summed E-state index contributed by atoms with van der Waals surface area (Å²) in [4.78, 5) is 10.4. The van der Waals surface area contributed by atoms with Gasteiger partial charge in [-0.2, -0.15) is 0 Å². The third-order valence-corrected chi connectivity index (χ3v) is 8.25. The van der Waals surface area contributed by atoms with Gasteiger partial charge in [0.1, 0.15) is 0 Å². The van der Waals surface area contributed by atoms with Crippen molar-refractivity contribution in [2.45, 2.75) is 174 Å². The monoisotopic (exact) mass is 566 g/mol. The summed E-state index contributed by atoms with van der Waals surface area (Å²) in [5.41, 5.74) is 0. The molecule has 0 aromatic rings. The van der Waals surface area contributed by atoms with Gasteiger partial charge in [-0.3, -0.25) is 4.79 Å². The molecule has 0 aliphatic heterocycles. The Morgan fingerprint density at radius 3 is 1.52 bits per heavy atom. The standard InChI is InChI=1S/C35H66O5/c1-3-4-5-6-18-22-25-28-34(38)32(33(30-36)31(2)37)27-24-21-19-16-14-12-10-8-7-9-11-13-15-17-20-23-26-29-35(39)40/h6,18,23,26,31-34,36-38H,3-5,7-17,19-22,24-25,27-30H2,1-2H3,(H,39,40)/b18-6+,26-23+/t31-,32+,33+,34-/m0/s1. The second-order valence-corrected chi connectivity index (χ2v) is 12.0. The van der Waals surface area contributed by atoms with Crippen molar-refractivity contribution in [2.75, 3.05) is 6.61 Å². The largest absolute Gasteiger partial charge is 0.481 e. The van der Waals surface area contributed by atoms with E-state index in [0.29, 0.717) is 0 Å². The van der Waals surface area contributed by atoms with Crippen molar-refractivity contribution in [2.24, 2.45) is 11.8 Å². The van der Waals surface area contributed by atoms with E-state index in [2.05, 4.69) is 19.1 Å². The lowest BCUT2D eigenvalue weighted by Gasteiger charge is -2.32. The van der Waals surface area contributed by atoms with E-state index in [1.165, 1.54) is 83.5 Å². The lowest BCUT2D eigenvalue weighted by Crippen LogP contribution is -2.36. The molecule has 0 aromatic carbocycles. The van der Waals surface area contributed by atoms with Crippen LogP contribution in [0.25, 0.3) is 0 Å². The molecule has 0 saturated heterocycles. The molecule has 0 bridgehead atoms. The molecule has 0 aliphatic carbocycles. The van der Waals surface area contributed by atoms with E-state index in [4.69, 9.17) is 5.11 Å². The summed E-state index contributed by atoms with van der Waals surface area (Å²) in [5, 5.41) is 39.5. The molecule has 0 heterocycles. The molecule has 5 heteroatoms. The lowest BCUT2D eigenvalue weighted by molar-refractivity contribution is -0.136. The molecule has 5 nitrogen and oxygen atoms in total. The molecule has 0 rings (SSSR count). The number of aliphatic hydroxyl groups is 3. The Labute approximate surface area is 247 Å². The second-order valence-electron chi connectivity index (χ2n) is 12.0. The lowest BCUT2D eigenvalue weighted by atomic mass is 9.79. The van der Waals surface area contributed by atoms with Crippen LogP contribution in [-0.2, 0) is 4.79 Å². The van der Waals surface area contributed by atoms with Gasteiger partial charge in [0.15, 0.2) is 0 Å². The molecule has 0 amide bonds. The molecule has 0 fully saturated rings. The SMILES string of the molecule is CCCC/C=C/CCC[C@H](O)[C@H](CCCCCCCCCCCCCCCC/C=C/CC(=O)O)[C@H](CO)[C@H](C)O. The maximum atomic E-state index is 10.9. The highest BCUT2D eigenvalue weighted by atomic mass is 16.4. The van der Waals surface area contributed by atoms with Gasteiger partial charge in [-0.25, -0.2) is 0 Å². The Morgan fingerprint density at radius 1 is 0.600 bits per heavy atom. The smallest absolute Gasteiger partial charge is 0.307 e. The minimum Gasteiger partial charge on any atom is -0.481 e. The van der Waals surface area contributed by atoms with Crippen LogP contribution in [0.15, 0.2) is 24.3 Å². The zero-order chi connectivity index (χ0) is 29.7. The molecular formula is C35H66O5. The topological polar surface area (TPSA) is 98.0 Å². The Kier molecular flexibility index (Phi) is 28.5. The van der Waals surface area contributed by atoms with Crippen molar-refractivity contribution in [1.82, 2.24) is 0 Å². The van der Waals surface area contributed by atoms with Crippen LogP contribution in [0, 0.1) is 11.8 Å². The molecule has 4 atom stereocenters. The summed E-state index contributed by atoms with van der Waals surface area (Å²) in [5.74, 6) is -1.04. The first kappa shape index (κ1) is 38.8. The van der Waals surface area contributed by atoms with Gasteiger partial charge >= 0.3 is 5.97 Å². The molecule has 0 aromatic heterocycles. The first-order valence-corrected chi connectivity index (χ1v) is 16.9. The predicted octanol–water partition coefficient (Wildman–Crippen LogP) is 9.14. The van der Waals surface area contributed by atoms with E-state index in [1.807, 2.05) is 6.08 Å². The van der Waals surface area contributed by atoms with E-state index in [-0.39, 0.29) is 24.9 Å². The molecule has 0 spiro atoms. The Morgan fingerprint density at radius 2 is 1.05 bits per heavy atom. The van der Waals surface area contributed by atoms with E-state index >= 15 is 0 Å². The van der Waals surface area contributed by atoms with Crippen LogP contribution in [0.2, 0.25) is 0 Å². The average Bonchev–Trinajstić information content (AvgIpc) is 2.92. The molecule has 4 N–H and O–H groups in total. The van der Waals surface area contributed by atoms with Gasteiger partial charge in [0.2, 0.25) is 0 Å². The molecule has 0 saturated carbocycles. The van der Waals surface area contributed by atoms with Crippen LogP contribution in [0.5, 0.6) is 0 Å². The number of carbonyl (C=O) groups is 1. The summed E-state index contributed by atoms with van der Waals surface area (Å²) in [7, 11) is 0. The molecular weight excluding hydrogens is 500 g/mol. The quantitative estimate of drug-likeness (QED) is 0.0513. The van der Waals surface area contributed by atoms with Crippen LogP contribution in [0.1, 0.15) is 162 Å². The van der Waals surface area contributed by atoms with Gasteiger partial charge in [0.05, 0.1) is 18.6 Å². The summed E-state index contributed by atoms with van der Waals surface area (Å²) >= 11 is 0. The number of hydrogen-bond acceptors (Lipinski definition) is 4. The van der Waals surface area contributed by atoms with Gasteiger partial charge in [0.25, 0.3) is 0 Å². The van der Waals surface area contributed by atoms with E-state index in [0.717, 1.165) is 57.8 Å². The number of hydrogen-bond donors (Lipinski definition) is 4. The zero-order valence-electron chi connectivity index (χ0n) is 26.3. The third kappa shape index (κ3) is 24.6. The first-order valence-electron chi connectivity index (χ1n) is 16.9. The van der Waals surface area contributed by atoms with Gasteiger partial charge < -0.3 is 20.4 Å². The van der Waals surface area contributed by atoms with Crippen LogP contribution < -0.4 is 0 Å². The van der Waals surface area contributed by atoms with Gasteiger partial charge in [0, 0.05) is 12.5 Å². The number of aliphatic carboxylic acids is 1. The van der Waals surface area contributed by atoms with Crippen LogP contribution in [-0.4, -0.2) is 45.2 Å². The minimum absolute atomic E-state index is 0.0327. The number of carboxylic acid groups (broad SMARTS) is 1. The molecule has 236 valence electrons. The van der Waals surface area contributed by atoms with Gasteiger partial charge in [-0.1, -0.05) is 128 Å². The highest BCUT2D eigenvalue weighted by Crippen LogP contribution is 2.28. The Bertz CT molecular complexity index is 601. The minimum atomic E-state index is -0.758. The second kappa shape index (κ2) is 29.3. The van der Waals surface area contributed by atoms with Crippen molar-refractivity contribution in [3.05, 3.63) is 24.3 Å². The van der Waals surface area contributed by atoms with Gasteiger partial charge in [-0.05, 0) is 57.8 Å². The fourth-order valence-electron chi connectivity index (χ4n) is 5.62. The Balaban J connectivity index is 3.83. The normalized spacial score (nSPS) is 15.1. The number of rotatable bonds is 30. The number of unbranched alkanes of at least 4 members (excludes halogenated alkanes) is 17. The number of allylic oxidation sites excluding steroid dienone is 3. The van der Waals surface area contributed by atoms with E-state index in [9.17, 15) is 20.1 Å². The molecule has 0 radical (unpaired) electrons. The Hall–Kier alpha value is -1.17. The maximum Gasteiger partial charge on any atom is 0.307 e. The van der Waals surface area contributed by atoms with Crippen LogP contribution in [0.4, 0.5) is 0 Å². The highest BCUT2D eigenvalue weighted by molar-refractivity contribution is 5.68. The van der Waals surface area contributed by atoms with E-state index in [1.54, 1.807) is 13.0 Å². The van der Waals surface area contributed by atoms with Crippen molar-refractivity contribution in [1.29, 1.82) is 0 Å². The van der Waals surface area contributed by atoms with Crippen molar-refractivity contribution >= 4 is 5.97 Å². The van der Waals surface area contributed by atoms with Crippen molar-refractivity contribution in [3.8, 4) is 0 Å². The summed E-state index contributed by atoms with van der Waals surface area (Å²) in [6.07, 6.45) is 33.2. The fourth-order valence-corrected chi connectivity index (χ4v) is 5.62. The maximum absolute atomic E-state index is 10.9. The summed E-state index contributed by atoms with van der Waals surface area (Å²) in [6, 6.07) is 0. The van der Waals surface area contributed by atoms with Crippen molar-refractivity contribution in [3.63, 3.8) is 0 Å². The van der Waals surface area contributed by atoms with Crippen LogP contribution in [0.3, 0.4) is 0 Å². The predicted molar refractivity (Wildman–Crippen MR) is 170 cm³/mol. The number of aliphatic hydroxyl groups excluding tert-OH is 3. The summed E-state index contributed by atoms with van der Waals surface area (Å²) in [6.45, 7) is 3.88. The van der Waals surface area contributed by atoms with Gasteiger partial charge in [-0.15, -0.1) is 0 Å². The third-order valence-electron chi connectivity index (χ3n) is 8.25. The molecule has 0 unspecified atom stereocenters. The van der Waals surface area contributed by atoms with E-state index < -0.39 is 18.2 Å².